The summed E-state index contributed by atoms with van der Waals surface area (Å²) in [4.78, 5) is 24.1. The van der Waals surface area contributed by atoms with Crippen molar-refractivity contribution in [1.29, 1.82) is 0 Å². The number of carboxylic acids is 2. The van der Waals surface area contributed by atoms with Crippen molar-refractivity contribution in [3.63, 3.8) is 0 Å². The Balaban J connectivity index is 2.54. The maximum atomic E-state index is 11.4. The van der Waals surface area contributed by atoms with E-state index in [1.165, 1.54) is 108 Å². The van der Waals surface area contributed by atoms with Gasteiger partial charge in [-0.25, -0.2) is 0 Å². The van der Waals surface area contributed by atoms with Crippen molar-refractivity contribution in [2.75, 3.05) is 31.2 Å². The fourth-order valence-corrected chi connectivity index (χ4v) is 5.03. The highest BCUT2D eigenvalue weighted by molar-refractivity contribution is 5.80. The van der Waals surface area contributed by atoms with Crippen LogP contribution in [-0.4, -0.2) is 48.5 Å². The number of carbonyl (C=O) groups is 2. The van der Waals surface area contributed by atoms with Crippen molar-refractivity contribution in [2.24, 2.45) is 0 Å². The molecular weight excluding hydrogens is 518 g/mol. The number of hydrogen-bond acceptors (Lipinski definition) is 5. The number of nitrogens with zero attached hydrogens (tertiary/aromatic N) is 1. The van der Waals surface area contributed by atoms with Gasteiger partial charge in [-0.3, -0.25) is 9.59 Å². The molecule has 0 amide bonds. The second-order valence-corrected chi connectivity index (χ2v) is 11.4. The standard InChI is InChI=1S/C34H59NO6/c1-3-5-7-9-11-13-15-17-19-21-23-40-31-25-30(35(28-33(36)37)29-34(38)39)26-32(27-31)41-24-22-20-18-16-14-12-10-8-6-4-2/h25-27H,3-24,28-29H2,1-2H3,(H,36,37)(H,38,39). The molecule has 0 heterocycles. The van der Waals surface area contributed by atoms with Crippen molar-refractivity contribution >= 4 is 17.6 Å². The van der Waals surface area contributed by atoms with Crippen LogP contribution < -0.4 is 14.4 Å². The van der Waals surface area contributed by atoms with E-state index < -0.39 is 25.0 Å². The number of ether oxygens (including phenoxy) is 2. The molecule has 1 aromatic rings. The first-order valence-corrected chi connectivity index (χ1v) is 16.6. The van der Waals surface area contributed by atoms with Crippen molar-refractivity contribution in [2.45, 2.75) is 142 Å². The maximum Gasteiger partial charge on any atom is 0.323 e. The third-order valence-electron chi connectivity index (χ3n) is 7.42. The van der Waals surface area contributed by atoms with Crippen molar-refractivity contribution in [3.05, 3.63) is 18.2 Å². The quantitative estimate of drug-likeness (QED) is 0.0916. The number of benzene rings is 1. The molecule has 0 atom stereocenters. The third kappa shape index (κ3) is 21.0. The molecule has 0 unspecified atom stereocenters. The Labute approximate surface area is 250 Å². The first-order valence-electron chi connectivity index (χ1n) is 16.6. The van der Waals surface area contributed by atoms with Gasteiger partial charge in [-0.15, -0.1) is 0 Å². The molecule has 1 aromatic carbocycles. The molecule has 236 valence electrons. The average Bonchev–Trinajstić information content (AvgIpc) is 2.93. The van der Waals surface area contributed by atoms with Crippen LogP contribution in [0.3, 0.4) is 0 Å². The first-order chi connectivity index (χ1) is 20.0. The molecule has 0 saturated heterocycles. The van der Waals surface area contributed by atoms with E-state index in [4.69, 9.17) is 9.47 Å². The molecule has 0 radical (unpaired) electrons. The lowest BCUT2D eigenvalue weighted by molar-refractivity contribution is -0.136. The summed E-state index contributed by atoms with van der Waals surface area (Å²) >= 11 is 0. The Bertz CT molecular complexity index is 739. The zero-order valence-corrected chi connectivity index (χ0v) is 26.2. The van der Waals surface area contributed by atoms with Crippen LogP contribution in [0.2, 0.25) is 0 Å². The van der Waals surface area contributed by atoms with Gasteiger partial charge < -0.3 is 24.6 Å². The van der Waals surface area contributed by atoms with Gasteiger partial charge in [0.15, 0.2) is 0 Å². The Morgan fingerprint density at radius 2 is 0.854 bits per heavy atom. The Kier molecular flexibility index (Phi) is 22.6. The van der Waals surface area contributed by atoms with Crippen LogP contribution in [0, 0.1) is 0 Å². The maximum absolute atomic E-state index is 11.4. The van der Waals surface area contributed by atoms with Gasteiger partial charge in [0, 0.05) is 23.9 Å². The van der Waals surface area contributed by atoms with Crippen LogP contribution >= 0.6 is 0 Å². The lowest BCUT2D eigenvalue weighted by atomic mass is 10.1. The van der Waals surface area contributed by atoms with Crippen LogP contribution in [-0.2, 0) is 9.59 Å². The van der Waals surface area contributed by atoms with E-state index in [0.717, 1.165) is 25.7 Å². The van der Waals surface area contributed by atoms with Gasteiger partial charge >= 0.3 is 11.9 Å². The Morgan fingerprint density at radius 1 is 0.537 bits per heavy atom. The van der Waals surface area contributed by atoms with Crippen molar-refractivity contribution in [3.8, 4) is 11.5 Å². The van der Waals surface area contributed by atoms with Gasteiger partial charge in [0.1, 0.15) is 24.6 Å². The van der Waals surface area contributed by atoms with E-state index in [-0.39, 0.29) is 0 Å². The average molecular weight is 578 g/mol. The highest BCUT2D eigenvalue weighted by Gasteiger charge is 2.17. The molecular formula is C34H59NO6. The summed E-state index contributed by atoms with van der Waals surface area (Å²) in [5.74, 6) is -1.01. The lowest BCUT2D eigenvalue weighted by Gasteiger charge is -2.22. The van der Waals surface area contributed by atoms with Crippen LogP contribution in [0.4, 0.5) is 5.69 Å². The molecule has 41 heavy (non-hydrogen) atoms. The summed E-state index contributed by atoms with van der Waals surface area (Å²) in [6.45, 7) is 4.80. The van der Waals surface area contributed by atoms with Gasteiger partial charge in [0.05, 0.1) is 13.2 Å². The van der Waals surface area contributed by atoms with Crippen LogP contribution in [0.1, 0.15) is 142 Å². The lowest BCUT2D eigenvalue weighted by Crippen LogP contribution is -2.34. The molecule has 7 heteroatoms. The number of rotatable bonds is 29. The molecule has 0 spiro atoms. The van der Waals surface area contributed by atoms with E-state index >= 15 is 0 Å². The fourth-order valence-electron chi connectivity index (χ4n) is 5.03. The summed E-state index contributed by atoms with van der Waals surface area (Å²) in [5, 5.41) is 18.7. The molecule has 1 rings (SSSR count). The number of aliphatic carboxylic acids is 2. The molecule has 0 aliphatic carbocycles. The van der Waals surface area contributed by atoms with Crippen LogP contribution in [0.5, 0.6) is 11.5 Å². The predicted octanol–water partition coefficient (Wildman–Crippen LogP) is 9.26. The van der Waals surface area contributed by atoms with Crippen LogP contribution in [0.15, 0.2) is 18.2 Å². The highest BCUT2D eigenvalue weighted by Crippen LogP contribution is 2.29. The van der Waals surface area contributed by atoms with E-state index in [1.54, 1.807) is 12.1 Å². The Morgan fingerprint density at radius 3 is 1.17 bits per heavy atom. The fraction of sp³-hybridized carbons (Fsp3) is 0.765. The third-order valence-corrected chi connectivity index (χ3v) is 7.42. The molecule has 0 aliphatic heterocycles. The summed E-state index contributed by atoms with van der Waals surface area (Å²) in [5.41, 5.74) is 0.480. The summed E-state index contributed by atoms with van der Waals surface area (Å²) in [7, 11) is 0. The summed E-state index contributed by atoms with van der Waals surface area (Å²) in [6.07, 6.45) is 25.0. The summed E-state index contributed by atoms with van der Waals surface area (Å²) in [6, 6.07) is 5.26. The van der Waals surface area contributed by atoms with Gasteiger partial charge in [0.25, 0.3) is 0 Å². The highest BCUT2D eigenvalue weighted by atomic mass is 16.5. The number of unbranched alkanes of at least 4 members (excludes halogenated alkanes) is 18. The molecule has 7 nitrogen and oxygen atoms in total. The predicted molar refractivity (Wildman–Crippen MR) is 169 cm³/mol. The minimum absolute atomic E-state index is 0.411. The van der Waals surface area contributed by atoms with E-state index in [0.29, 0.717) is 30.4 Å². The molecule has 0 aliphatic rings. The molecule has 0 bridgehead atoms. The number of anilines is 1. The van der Waals surface area contributed by atoms with Crippen LogP contribution in [0.25, 0.3) is 0 Å². The monoisotopic (exact) mass is 577 g/mol. The second kappa shape index (κ2) is 25.3. The number of hydrogen-bond donors (Lipinski definition) is 2. The largest absolute Gasteiger partial charge is 0.493 e. The van der Waals surface area contributed by atoms with E-state index in [9.17, 15) is 19.8 Å². The second-order valence-electron chi connectivity index (χ2n) is 11.4. The SMILES string of the molecule is CCCCCCCCCCCCOc1cc(OCCCCCCCCCCCC)cc(N(CC(=O)O)CC(=O)O)c1. The normalized spacial score (nSPS) is 11.0. The molecule has 0 aromatic heterocycles. The Hall–Kier alpha value is -2.44. The molecule has 0 fully saturated rings. The van der Waals surface area contributed by atoms with Crippen molar-refractivity contribution in [1.82, 2.24) is 0 Å². The smallest absolute Gasteiger partial charge is 0.323 e. The van der Waals surface area contributed by atoms with Crippen molar-refractivity contribution < 1.29 is 29.3 Å². The van der Waals surface area contributed by atoms with Gasteiger partial charge in [-0.2, -0.15) is 0 Å². The van der Waals surface area contributed by atoms with Gasteiger partial charge in [0.2, 0.25) is 0 Å². The molecule has 2 N–H and O–H groups in total. The van der Waals surface area contributed by atoms with E-state index in [1.807, 2.05) is 6.07 Å². The molecule has 0 saturated carbocycles. The minimum atomic E-state index is -1.09. The van der Waals surface area contributed by atoms with E-state index in [2.05, 4.69) is 13.8 Å². The van der Waals surface area contributed by atoms with Gasteiger partial charge in [-0.1, -0.05) is 129 Å². The minimum Gasteiger partial charge on any atom is -0.493 e. The first kappa shape index (κ1) is 36.6. The summed E-state index contributed by atoms with van der Waals surface area (Å²) < 4.78 is 12.0. The van der Waals surface area contributed by atoms with Gasteiger partial charge in [-0.05, 0) is 12.8 Å². The zero-order chi connectivity index (χ0) is 30.0. The topological polar surface area (TPSA) is 96.3 Å². The number of carboxylic acid groups (broad SMARTS) is 2. The zero-order valence-electron chi connectivity index (χ0n) is 26.2.